The number of methoxy groups -OCH3 is 1. The summed E-state index contributed by atoms with van der Waals surface area (Å²) in [6, 6.07) is 6.62. The highest BCUT2D eigenvalue weighted by molar-refractivity contribution is 5.95. The van der Waals surface area contributed by atoms with E-state index in [1.165, 1.54) is 13.2 Å². The number of aryl methyl sites for hydroxylation is 1. The molecule has 5 rings (SSSR count). The maximum absolute atomic E-state index is 14.2. The Hall–Kier alpha value is -3.19. The Morgan fingerprint density at radius 3 is 2.80 bits per heavy atom. The number of rotatable bonds is 5. The van der Waals surface area contributed by atoms with Gasteiger partial charge in [0, 0.05) is 35.0 Å². The largest absolute Gasteiger partial charge is 0.494 e. The first kappa shape index (κ1) is 18.8. The van der Waals surface area contributed by atoms with Crippen molar-refractivity contribution in [3.8, 4) is 28.3 Å². The van der Waals surface area contributed by atoms with E-state index in [9.17, 15) is 14.3 Å². The Balaban J connectivity index is 1.61. The monoisotopic (exact) mass is 407 g/mol. The van der Waals surface area contributed by atoms with E-state index in [1.54, 1.807) is 18.3 Å². The molecule has 0 radical (unpaired) electrons. The molecule has 2 aliphatic rings. The normalized spacial score (nSPS) is 16.0. The average molecular weight is 407 g/mol. The Bertz CT molecular complexity index is 1180. The molecule has 3 aromatic rings. The number of hydrogen-bond acceptors (Lipinski definition) is 4. The number of hydrogen-bond donors (Lipinski definition) is 3. The lowest BCUT2D eigenvalue weighted by atomic mass is 9.88. The summed E-state index contributed by atoms with van der Waals surface area (Å²) in [4.78, 5) is 19.9. The summed E-state index contributed by atoms with van der Waals surface area (Å²) in [6.45, 7) is 0. The zero-order valence-electron chi connectivity index (χ0n) is 16.6. The van der Waals surface area contributed by atoms with Crippen molar-refractivity contribution in [3.63, 3.8) is 0 Å². The van der Waals surface area contributed by atoms with Crippen LogP contribution in [-0.2, 0) is 19.3 Å². The lowest BCUT2D eigenvalue weighted by Gasteiger charge is -2.17. The number of nitrogens with one attached hydrogen (secondary N) is 1. The molecule has 0 atom stereocenters. The fourth-order valence-corrected chi connectivity index (χ4v) is 4.31. The van der Waals surface area contributed by atoms with Gasteiger partial charge >= 0.3 is 5.97 Å². The van der Waals surface area contributed by atoms with Crippen LogP contribution in [0.4, 0.5) is 4.39 Å². The van der Waals surface area contributed by atoms with Crippen LogP contribution in [0.2, 0.25) is 0 Å². The highest BCUT2D eigenvalue weighted by Crippen LogP contribution is 2.41. The molecule has 2 aromatic heterocycles. The number of benzene rings is 1. The minimum atomic E-state index is -0.929. The van der Waals surface area contributed by atoms with Gasteiger partial charge in [-0.15, -0.1) is 0 Å². The van der Waals surface area contributed by atoms with Crippen molar-refractivity contribution in [3.05, 3.63) is 58.7 Å². The first-order chi connectivity index (χ1) is 14.4. The maximum atomic E-state index is 14.2. The van der Waals surface area contributed by atoms with Crippen molar-refractivity contribution in [1.29, 1.82) is 0 Å². The Morgan fingerprint density at radius 2 is 2.13 bits per heavy atom. The Labute approximate surface area is 172 Å². The molecule has 7 heteroatoms. The molecule has 0 bridgehead atoms. The predicted octanol–water partition coefficient (Wildman–Crippen LogP) is 3.72. The zero-order valence-corrected chi connectivity index (χ0v) is 16.6. The lowest BCUT2D eigenvalue weighted by molar-refractivity contribution is 0.0694. The minimum absolute atomic E-state index is 0.176. The van der Waals surface area contributed by atoms with Crippen LogP contribution in [0.25, 0.3) is 22.5 Å². The summed E-state index contributed by atoms with van der Waals surface area (Å²) in [5, 5.41) is 9.86. The van der Waals surface area contributed by atoms with Gasteiger partial charge < -0.3 is 20.6 Å². The van der Waals surface area contributed by atoms with Gasteiger partial charge in [-0.2, -0.15) is 0 Å². The quantitative estimate of drug-likeness (QED) is 0.598. The number of carboxylic acids is 1. The smallest absolute Gasteiger partial charge is 0.337 e. The van der Waals surface area contributed by atoms with Crippen molar-refractivity contribution in [2.45, 2.75) is 37.6 Å². The number of nitrogens with two attached hydrogens (primary N) is 1. The molecule has 0 saturated heterocycles. The van der Waals surface area contributed by atoms with Crippen LogP contribution in [0, 0.1) is 5.82 Å². The van der Waals surface area contributed by atoms with E-state index in [2.05, 4.69) is 9.97 Å². The predicted molar refractivity (Wildman–Crippen MR) is 110 cm³/mol. The molecule has 0 unspecified atom stereocenters. The molecule has 0 spiro atoms. The number of H-pyrrole nitrogens is 1. The number of fused-ring (bicyclic) bond motifs is 3. The topological polar surface area (TPSA) is 101 Å². The molecule has 0 aliphatic heterocycles. The van der Waals surface area contributed by atoms with Crippen molar-refractivity contribution >= 4 is 5.97 Å². The van der Waals surface area contributed by atoms with Gasteiger partial charge in [-0.25, -0.2) is 9.18 Å². The van der Waals surface area contributed by atoms with Crippen LogP contribution >= 0.6 is 0 Å². The average Bonchev–Trinajstić information content (AvgIpc) is 3.32. The van der Waals surface area contributed by atoms with Crippen LogP contribution in [0.3, 0.4) is 0 Å². The van der Waals surface area contributed by atoms with E-state index >= 15 is 0 Å². The highest BCUT2D eigenvalue weighted by atomic mass is 19.1. The number of carbonyl (C=O) groups is 1. The third-order valence-corrected chi connectivity index (χ3v) is 6.16. The fraction of sp³-hybridized carbons (Fsp3) is 0.304. The van der Waals surface area contributed by atoms with Crippen LogP contribution in [0.1, 0.15) is 40.0 Å². The van der Waals surface area contributed by atoms with Crippen molar-refractivity contribution in [2.75, 3.05) is 7.11 Å². The maximum Gasteiger partial charge on any atom is 0.337 e. The molecule has 1 fully saturated rings. The number of pyridine rings is 1. The molecular weight excluding hydrogens is 385 g/mol. The van der Waals surface area contributed by atoms with Crippen LogP contribution in [-0.4, -0.2) is 33.7 Å². The number of aromatic amines is 1. The summed E-state index contributed by atoms with van der Waals surface area (Å²) in [6.07, 6.45) is 5.47. The summed E-state index contributed by atoms with van der Waals surface area (Å²) < 4.78 is 19.2. The van der Waals surface area contributed by atoms with Gasteiger partial charge in [-0.1, -0.05) is 0 Å². The van der Waals surface area contributed by atoms with Crippen molar-refractivity contribution in [2.24, 2.45) is 5.73 Å². The standard InChI is InChI=1S/C23H22FN3O3/c1-30-19-5-3-12(8-16(19)24)17-9-15-13(11-26-17)2-4-14-20(22(28)29)18(27-21(14)15)10-23(25)6-7-23/h3,5,8-9,11,27H,2,4,6-7,10,25H2,1H3,(H,28,29). The molecule has 30 heavy (non-hydrogen) atoms. The first-order valence-electron chi connectivity index (χ1n) is 9.97. The van der Waals surface area contributed by atoms with Gasteiger partial charge in [0.05, 0.1) is 24.1 Å². The van der Waals surface area contributed by atoms with E-state index in [4.69, 9.17) is 10.5 Å². The SMILES string of the molecule is COc1ccc(-c2cc3c(cn2)CCc2c-3[nH]c(CC3(N)CC3)c2C(=O)O)cc1F. The van der Waals surface area contributed by atoms with E-state index < -0.39 is 11.8 Å². The third-order valence-electron chi connectivity index (χ3n) is 6.16. The van der Waals surface area contributed by atoms with Crippen molar-refractivity contribution in [1.82, 2.24) is 9.97 Å². The molecule has 1 aromatic carbocycles. The van der Waals surface area contributed by atoms with Crippen LogP contribution in [0.5, 0.6) is 5.75 Å². The van der Waals surface area contributed by atoms with Gasteiger partial charge in [0.1, 0.15) is 0 Å². The van der Waals surface area contributed by atoms with Gasteiger partial charge in [-0.3, -0.25) is 4.98 Å². The first-order valence-corrected chi connectivity index (χ1v) is 9.97. The molecule has 4 N–H and O–H groups in total. The second kappa shape index (κ2) is 6.67. The van der Waals surface area contributed by atoms with Crippen molar-refractivity contribution < 1.29 is 19.0 Å². The molecule has 2 heterocycles. The minimum Gasteiger partial charge on any atom is -0.494 e. The molecule has 154 valence electrons. The Morgan fingerprint density at radius 1 is 1.33 bits per heavy atom. The number of halogens is 1. The van der Waals surface area contributed by atoms with E-state index in [0.29, 0.717) is 41.8 Å². The summed E-state index contributed by atoms with van der Waals surface area (Å²) in [5.74, 6) is -1.21. The molecular formula is C23H22FN3O3. The van der Waals surface area contributed by atoms with Gasteiger partial charge in [0.15, 0.2) is 11.6 Å². The zero-order chi connectivity index (χ0) is 21.0. The number of carboxylic acid groups (broad SMARTS) is 1. The summed E-state index contributed by atoms with van der Waals surface area (Å²) in [7, 11) is 1.42. The van der Waals surface area contributed by atoms with E-state index in [0.717, 1.165) is 35.2 Å². The van der Waals surface area contributed by atoms with Gasteiger partial charge in [-0.05, 0) is 61.1 Å². The number of aromatic carboxylic acids is 1. The van der Waals surface area contributed by atoms with E-state index in [-0.39, 0.29) is 11.3 Å². The molecule has 1 saturated carbocycles. The second-order valence-electron chi connectivity index (χ2n) is 8.25. The number of aromatic nitrogens is 2. The number of ether oxygens (including phenoxy) is 1. The number of nitrogens with zero attached hydrogens (tertiary/aromatic N) is 1. The second-order valence-corrected chi connectivity index (χ2v) is 8.25. The van der Waals surface area contributed by atoms with Gasteiger partial charge in [0.2, 0.25) is 0 Å². The summed E-state index contributed by atoms with van der Waals surface area (Å²) >= 11 is 0. The fourth-order valence-electron chi connectivity index (χ4n) is 4.31. The lowest BCUT2D eigenvalue weighted by Crippen LogP contribution is -2.25. The third kappa shape index (κ3) is 3.06. The highest BCUT2D eigenvalue weighted by Gasteiger charge is 2.40. The molecule has 6 nitrogen and oxygen atoms in total. The molecule has 0 amide bonds. The van der Waals surface area contributed by atoms with Crippen LogP contribution in [0.15, 0.2) is 30.5 Å². The Kier molecular flexibility index (Phi) is 4.18. The van der Waals surface area contributed by atoms with Gasteiger partial charge in [0.25, 0.3) is 0 Å². The molecule has 2 aliphatic carbocycles. The summed E-state index contributed by atoms with van der Waals surface area (Å²) in [5.41, 5.74) is 11.8. The van der Waals surface area contributed by atoms with E-state index in [1.807, 2.05) is 6.07 Å². The van der Waals surface area contributed by atoms with Crippen LogP contribution < -0.4 is 10.5 Å².